The van der Waals surface area contributed by atoms with Gasteiger partial charge in [-0.3, -0.25) is 10.1 Å². The summed E-state index contributed by atoms with van der Waals surface area (Å²) in [4.78, 5) is 16.9. The summed E-state index contributed by atoms with van der Waals surface area (Å²) in [5.41, 5.74) is 6.28. The average Bonchev–Trinajstić information content (AvgIpc) is 2.94. The number of nitrogens with zero attached hydrogens (tertiary/aromatic N) is 1. The standard InChI is InChI=1S/C19H17BrN2OS/c1-11-7-12(2)17(13(3)8-11)16-10-24-19(21-16)22-18(23)14-5-4-6-15(20)9-14/h4-10H,1-3H3,(H,21,22,23). The van der Waals surface area contributed by atoms with Crippen molar-refractivity contribution < 1.29 is 4.79 Å². The molecule has 0 aliphatic rings. The number of amides is 1. The molecule has 1 aromatic heterocycles. The van der Waals surface area contributed by atoms with Gasteiger partial charge in [0.1, 0.15) is 0 Å². The lowest BCUT2D eigenvalue weighted by Crippen LogP contribution is -2.11. The molecule has 0 saturated heterocycles. The molecule has 0 bridgehead atoms. The number of halogens is 1. The first-order valence-corrected chi connectivity index (χ1v) is 9.22. The molecule has 2 aromatic carbocycles. The molecule has 0 saturated carbocycles. The number of nitrogens with one attached hydrogen (secondary N) is 1. The quantitative estimate of drug-likeness (QED) is 0.607. The van der Waals surface area contributed by atoms with Crippen LogP contribution in [0.25, 0.3) is 11.3 Å². The van der Waals surface area contributed by atoms with Crippen LogP contribution < -0.4 is 5.32 Å². The SMILES string of the molecule is Cc1cc(C)c(-c2csc(NC(=O)c3cccc(Br)c3)n2)c(C)c1. The Bertz CT molecular complexity index is 894. The van der Waals surface area contributed by atoms with E-state index < -0.39 is 0 Å². The van der Waals surface area contributed by atoms with Gasteiger partial charge in [0.25, 0.3) is 5.91 Å². The summed E-state index contributed by atoms with van der Waals surface area (Å²) < 4.78 is 0.876. The number of hydrogen-bond acceptors (Lipinski definition) is 3. The molecule has 1 amide bonds. The van der Waals surface area contributed by atoms with E-state index in [0.29, 0.717) is 10.7 Å². The lowest BCUT2D eigenvalue weighted by Gasteiger charge is -2.08. The summed E-state index contributed by atoms with van der Waals surface area (Å²) >= 11 is 4.82. The fourth-order valence-corrected chi connectivity index (χ4v) is 3.92. The molecule has 3 nitrogen and oxygen atoms in total. The second kappa shape index (κ2) is 6.87. The lowest BCUT2D eigenvalue weighted by atomic mass is 9.98. The van der Waals surface area contributed by atoms with Crippen LogP contribution in [0, 0.1) is 20.8 Å². The molecule has 0 radical (unpaired) electrons. The number of aryl methyl sites for hydroxylation is 3. The molecule has 0 fully saturated rings. The van der Waals surface area contributed by atoms with E-state index in [4.69, 9.17) is 0 Å². The highest BCUT2D eigenvalue weighted by molar-refractivity contribution is 9.10. The number of carbonyl (C=O) groups excluding carboxylic acids is 1. The van der Waals surface area contributed by atoms with Gasteiger partial charge in [0, 0.05) is 21.0 Å². The minimum Gasteiger partial charge on any atom is -0.298 e. The molecule has 24 heavy (non-hydrogen) atoms. The van der Waals surface area contributed by atoms with Crippen molar-refractivity contribution in [2.45, 2.75) is 20.8 Å². The van der Waals surface area contributed by atoms with Gasteiger partial charge in [0.05, 0.1) is 5.69 Å². The summed E-state index contributed by atoms with van der Waals surface area (Å²) in [5, 5.41) is 5.47. The van der Waals surface area contributed by atoms with Crippen LogP contribution >= 0.6 is 27.3 Å². The van der Waals surface area contributed by atoms with Crippen molar-refractivity contribution in [3.05, 3.63) is 68.5 Å². The second-order valence-corrected chi connectivity index (χ2v) is 7.55. The number of benzene rings is 2. The van der Waals surface area contributed by atoms with E-state index in [1.807, 2.05) is 17.5 Å². The number of carbonyl (C=O) groups is 1. The summed E-state index contributed by atoms with van der Waals surface area (Å²) in [6.45, 7) is 6.28. The largest absolute Gasteiger partial charge is 0.298 e. The van der Waals surface area contributed by atoms with Crippen LogP contribution in [-0.2, 0) is 0 Å². The summed E-state index contributed by atoms with van der Waals surface area (Å²) in [6, 6.07) is 11.6. The fraction of sp³-hybridized carbons (Fsp3) is 0.158. The van der Waals surface area contributed by atoms with Crippen LogP contribution in [-0.4, -0.2) is 10.9 Å². The minimum absolute atomic E-state index is 0.158. The molecule has 0 spiro atoms. The minimum atomic E-state index is -0.158. The maximum atomic E-state index is 12.3. The molecule has 0 aliphatic heterocycles. The van der Waals surface area contributed by atoms with Crippen molar-refractivity contribution >= 4 is 38.3 Å². The molecular formula is C19H17BrN2OS. The highest BCUT2D eigenvalue weighted by atomic mass is 79.9. The number of anilines is 1. The first-order valence-electron chi connectivity index (χ1n) is 7.54. The van der Waals surface area contributed by atoms with Crippen LogP contribution in [0.5, 0.6) is 0 Å². The predicted octanol–water partition coefficient (Wildman–Crippen LogP) is 5.75. The van der Waals surface area contributed by atoms with E-state index >= 15 is 0 Å². The monoisotopic (exact) mass is 400 g/mol. The third kappa shape index (κ3) is 3.57. The van der Waals surface area contributed by atoms with E-state index in [1.54, 1.807) is 12.1 Å². The van der Waals surface area contributed by atoms with Crippen LogP contribution in [0.2, 0.25) is 0 Å². The maximum Gasteiger partial charge on any atom is 0.257 e. The first kappa shape index (κ1) is 16.9. The molecule has 3 aromatic rings. The number of thiazole rings is 1. The predicted molar refractivity (Wildman–Crippen MR) is 104 cm³/mol. The van der Waals surface area contributed by atoms with Crippen molar-refractivity contribution in [3.63, 3.8) is 0 Å². The zero-order valence-electron chi connectivity index (χ0n) is 13.7. The van der Waals surface area contributed by atoms with Crippen molar-refractivity contribution in [2.24, 2.45) is 0 Å². The molecule has 1 heterocycles. The Hall–Kier alpha value is -1.98. The Morgan fingerprint density at radius 1 is 1.12 bits per heavy atom. The first-order chi connectivity index (χ1) is 11.4. The van der Waals surface area contributed by atoms with Gasteiger partial charge in [0.2, 0.25) is 0 Å². The highest BCUT2D eigenvalue weighted by Gasteiger charge is 2.13. The second-order valence-electron chi connectivity index (χ2n) is 5.78. The summed E-state index contributed by atoms with van der Waals surface area (Å²) in [5.74, 6) is -0.158. The molecular weight excluding hydrogens is 384 g/mol. The van der Waals surface area contributed by atoms with Crippen LogP contribution in [0.1, 0.15) is 27.0 Å². The topological polar surface area (TPSA) is 42.0 Å². The zero-order valence-corrected chi connectivity index (χ0v) is 16.1. The maximum absolute atomic E-state index is 12.3. The molecule has 3 rings (SSSR count). The number of hydrogen-bond donors (Lipinski definition) is 1. The van der Waals surface area contributed by atoms with Crippen molar-refractivity contribution in [2.75, 3.05) is 5.32 Å². The molecule has 0 atom stereocenters. The summed E-state index contributed by atoms with van der Waals surface area (Å²) in [7, 11) is 0. The molecule has 1 N–H and O–H groups in total. The van der Waals surface area contributed by atoms with E-state index in [-0.39, 0.29) is 5.91 Å². The zero-order chi connectivity index (χ0) is 17.3. The van der Waals surface area contributed by atoms with Gasteiger partial charge in [-0.15, -0.1) is 11.3 Å². The third-order valence-corrected chi connectivity index (χ3v) is 5.00. The Morgan fingerprint density at radius 2 is 1.83 bits per heavy atom. The molecule has 122 valence electrons. The van der Waals surface area contributed by atoms with E-state index in [2.05, 4.69) is 59.1 Å². The van der Waals surface area contributed by atoms with Crippen molar-refractivity contribution in [3.8, 4) is 11.3 Å². The van der Waals surface area contributed by atoms with Crippen molar-refractivity contribution in [1.82, 2.24) is 4.98 Å². The Morgan fingerprint density at radius 3 is 2.50 bits per heavy atom. The number of aromatic nitrogens is 1. The van der Waals surface area contributed by atoms with Crippen molar-refractivity contribution in [1.29, 1.82) is 0 Å². The number of rotatable bonds is 3. The Balaban J connectivity index is 1.85. The highest BCUT2D eigenvalue weighted by Crippen LogP contribution is 2.31. The van der Waals surface area contributed by atoms with E-state index in [9.17, 15) is 4.79 Å². The van der Waals surface area contributed by atoms with Crippen LogP contribution in [0.4, 0.5) is 5.13 Å². The molecule has 5 heteroatoms. The molecule has 0 aliphatic carbocycles. The smallest absolute Gasteiger partial charge is 0.257 e. The van der Waals surface area contributed by atoms with Crippen LogP contribution in [0.3, 0.4) is 0 Å². The average molecular weight is 401 g/mol. The van der Waals surface area contributed by atoms with Gasteiger partial charge >= 0.3 is 0 Å². The Kier molecular flexibility index (Phi) is 4.83. The van der Waals surface area contributed by atoms with Gasteiger partial charge in [-0.2, -0.15) is 0 Å². The Labute approximate surface area is 153 Å². The normalized spacial score (nSPS) is 10.7. The van der Waals surface area contributed by atoms with Gasteiger partial charge in [-0.25, -0.2) is 4.98 Å². The van der Waals surface area contributed by atoms with Gasteiger partial charge in [-0.1, -0.05) is 39.7 Å². The van der Waals surface area contributed by atoms with Gasteiger partial charge in [-0.05, 0) is 50.1 Å². The summed E-state index contributed by atoms with van der Waals surface area (Å²) in [6.07, 6.45) is 0. The van der Waals surface area contributed by atoms with E-state index in [0.717, 1.165) is 15.7 Å². The van der Waals surface area contributed by atoms with Gasteiger partial charge in [0.15, 0.2) is 5.13 Å². The lowest BCUT2D eigenvalue weighted by molar-refractivity contribution is 0.102. The van der Waals surface area contributed by atoms with Crippen LogP contribution in [0.15, 0.2) is 46.3 Å². The third-order valence-electron chi connectivity index (χ3n) is 3.74. The van der Waals surface area contributed by atoms with Gasteiger partial charge < -0.3 is 0 Å². The molecule has 0 unspecified atom stereocenters. The van der Waals surface area contributed by atoms with E-state index in [1.165, 1.54) is 28.0 Å². The fourth-order valence-electron chi connectivity index (χ4n) is 2.83.